The third-order valence-electron chi connectivity index (χ3n) is 4.27. The lowest BCUT2D eigenvalue weighted by atomic mass is 9.83. The number of nitrogens with one attached hydrogen (secondary N) is 1. The van der Waals surface area contributed by atoms with E-state index in [9.17, 15) is 10.1 Å². The smallest absolute Gasteiger partial charge is 0.256 e. The second-order valence-corrected chi connectivity index (χ2v) is 6.64. The van der Waals surface area contributed by atoms with Crippen molar-refractivity contribution in [3.8, 4) is 11.8 Å². The van der Waals surface area contributed by atoms with Crippen molar-refractivity contribution in [2.24, 2.45) is 5.73 Å². The maximum Gasteiger partial charge on any atom is 0.256 e. The van der Waals surface area contributed by atoms with Gasteiger partial charge in [-0.3, -0.25) is 4.79 Å². The van der Waals surface area contributed by atoms with Crippen LogP contribution < -0.4 is 16.0 Å². The van der Waals surface area contributed by atoms with E-state index in [1.165, 1.54) is 0 Å². The Morgan fingerprint density at radius 1 is 1.20 bits per heavy atom. The first-order chi connectivity index (χ1) is 12.1. The Morgan fingerprint density at radius 2 is 2.00 bits per heavy atom. The Kier molecular flexibility index (Phi) is 3.59. The Hall–Kier alpha value is -3.04. The van der Waals surface area contributed by atoms with Gasteiger partial charge in [-0.2, -0.15) is 5.26 Å². The highest BCUT2D eigenvalue weighted by molar-refractivity contribution is 9.10. The SMILES string of the molecule is N#CC1=C(N)Oc2c(c(=O)[nH]c3ccccc23)[C@H]1c1cccc(Br)c1. The molecule has 5 nitrogen and oxygen atoms in total. The molecule has 1 aliphatic heterocycles. The molecule has 25 heavy (non-hydrogen) atoms. The Balaban J connectivity index is 2.10. The molecule has 4 rings (SSSR count). The molecule has 0 bridgehead atoms. The molecule has 0 saturated heterocycles. The monoisotopic (exact) mass is 393 g/mol. The predicted octanol–water partition coefficient (Wildman–Crippen LogP) is 3.51. The van der Waals surface area contributed by atoms with E-state index in [4.69, 9.17) is 10.5 Å². The van der Waals surface area contributed by atoms with Crippen LogP contribution in [0, 0.1) is 11.3 Å². The van der Waals surface area contributed by atoms with Gasteiger partial charge in [0.15, 0.2) is 0 Å². The van der Waals surface area contributed by atoms with Crippen LogP contribution in [-0.4, -0.2) is 4.98 Å². The number of fused-ring (bicyclic) bond motifs is 3. The maximum atomic E-state index is 12.8. The third kappa shape index (κ3) is 2.41. The summed E-state index contributed by atoms with van der Waals surface area (Å²) in [4.78, 5) is 15.7. The molecule has 0 fully saturated rings. The second-order valence-electron chi connectivity index (χ2n) is 5.72. The molecule has 0 aliphatic carbocycles. The molecule has 1 atom stereocenters. The number of nitrogens with zero attached hydrogens (tertiary/aromatic N) is 1. The van der Waals surface area contributed by atoms with Gasteiger partial charge in [-0.25, -0.2) is 0 Å². The van der Waals surface area contributed by atoms with Gasteiger partial charge in [-0.1, -0.05) is 40.2 Å². The minimum Gasteiger partial charge on any atom is -0.439 e. The fraction of sp³-hybridized carbons (Fsp3) is 0.0526. The van der Waals surface area contributed by atoms with Gasteiger partial charge >= 0.3 is 0 Å². The average Bonchev–Trinajstić information content (AvgIpc) is 2.60. The van der Waals surface area contributed by atoms with Gasteiger partial charge in [-0.15, -0.1) is 0 Å². The number of para-hydroxylation sites is 1. The predicted molar refractivity (Wildman–Crippen MR) is 98.0 cm³/mol. The molecule has 0 amide bonds. The molecular formula is C19H12BrN3O2. The molecule has 2 heterocycles. The van der Waals surface area contributed by atoms with E-state index in [1.54, 1.807) is 6.07 Å². The molecule has 3 N–H and O–H groups in total. The molecule has 0 radical (unpaired) electrons. The lowest BCUT2D eigenvalue weighted by molar-refractivity contribution is 0.397. The normalized spacial score (nSPS) is 16.2. The van der Waals surface area contributed by atoms with E-state index in [0.29, 0.717) is 16.8 Å². The summed E-state index contributed by atoms with van der Waals surface area (Å²) in [6.07, 6.45) is 0. The summed E-state index contributed by atoms with van der Waals surface area (Å²) in [6.45, 7) is 0. The van der Waals surface area contributed by atoms with Crippen molar-refractivity contribution in [1.82, 2.24) is 4.98 Å². The number of pyridine rings is 1. The van der Waals surface area contributed by atoms with Gasteiger partial charge in [0, 0.05) is 9.86 Å². The number of ether oxygens (including phenoxy) is 1. The van der Waals surface area contributed by atoms with Gasteiger partial charge in [-0.05, 0) is 29.8 Å². The molecule has 0 spiro atoms. The number of allylic oxidation sites excluding steroid dienone is 1. The molecule has 122 valence electrons. The Morgan fingerprint density at radius 3 is 2.76 bits per heavy atom. The van der Waals surface area contributed by atoms with Gasteiger partial charge in [0.2, 0.25) is 5.88 Å². The second kappa shape index (κ2) is 5.80. The van der Waals surface area contributed by atoms with E-state index in [2.05, 4.69) is 27.0 Å². The van der Waals surface area contributed by atoms with Crippen molar-refractivity contribution in [1.29, 1.82) is 5.26 Å². The van der Waals surface area contributed by atoms with Crippen molar-refractivity contribution in [2.45, 2.75) is 5.92 Å². The highest BCUT2D eigenvalue weighted by atomic mass is 79.9. The number of hydrogen-bond donors (Lipinski definition) is 2. The van der Waals surface area contributed by atoms with Crippen LogP contribution in [0.4, 0.5) is 0 Å². The summed E-state index contributed by atoms with van der Waals surface area (Å²) < 4.78 is 6.57. The summed E-state index contributed by atoms with van der Waals surface area (Å²) in [6, 6.07) is 16.9. The van der Waals surface area contributed by atoms with Crippen molar-refractivity contribution >= 4 is 26.8 Å². The quantitative estimate of drug-likeness (QED) is 0.661. The van der Waals surface area contributed by atoms with Crippen molar-refractivity contribution in [2.75, 3.05) is 0 Å². The Bertz CT molecular complexity index is 1140. The number of nitrogens with two attached hydrogens (primary N) is 1. The van der Waals surface area contributed by atoms with E-state index < -0.39 is 5.92 Å². The van der Waals surface area contributed by atoms with Crippen molar-refractivity contribution < 1.29 is 4.74 Å². The maximum absolute atomic E-state index is 12.8. The topological polar surface area (TPSA) is 91.9 Å². The van der Waals surface area contributed by atoms with Gasteiger partial charge < -0.3 is 15.5 Å². The number of aromatic nitrogens is 1. The highest BCUT2D eigenvalue weighted by Crippen LogP contribution is 2.43. The van der Waals surface area contributed by atoms with Crippen molar-refractivity contribution in [3.05, 3.63) is 85.9 Å². The zero-order valence-electron chi connectivity index (χ0n) is 12.9. The van der Waals surface area contributed by atoms with E-state index >= 15 is 0 Å². The third-order valence-corrected chi connectivity index (χ3v) is 4.76. The number of rotatable bonds is 1. The molecule has 6 heteroatoms. The zero-order chi connectivity index (χ0) is 17.6. The minimum atomic E-state index is -0.584. The summed E-state index contributed by atoms with van der Waals surface area (Å²) in [5, 5.41) is 10.3. The fourth-order valence-electron chi connectivity index (χ4n) is 3.19. The minimum absolute atomic E-state index is 0.0238. The fourth-order valence-corrected chi connectivity index (χ4v) is 3.61. The summed E-state index contributed by atoms with van der Waals surface area (Å²) >= 11 is 3.44. The molecule has 0 unspecified atom stereocenters. The number of halogens is 1. The number of aromatic amines is 1. The summed E-state index contributed by atoms with van der Waals surface area (Å²) in [5.74, 6) is -0.156. The number of nitriles is 1. The first-order valence-corrected chi connectivity index (χ1v) is 8.37. The van der Waals surface area contributed by atoms with Crippen molar-refractivity contribution in [3.63, 3.8) is 0 Å². The standard InChI is InChI=1S/C19H12BrN3O2/c20-11-5-3-4-10(8-11)15-13(9-21)18(22)25-17-12-6-1-2-7-14(12)23-19(24)16(15)17/h1-8,15H,22H2,(H,23,24)/t15-/m0/s1. The first kappa shape index (κ1) is 15.5. The van der Waals surface area contributed by atoms with E-state index in [1.807, 2.05) is 42.5 Å². The molecule has 0 saturated carbocycles. The summed E-state index contributed by atoms with van der Waals surface area (Å²) in [7, 11) is 0. The molecule has 3 aromatic rings. The van der Waals surface area contributed by atoms with Crippen LogP contribution in [0.1, 0.15) is 17.0 Å². The highest BCUT2D eigenvalue weighted by Gasteiger charge is 2.34. The van der Waals surface area contributed by atoms with E-state index in [-0.39, 0.29) is 17.0 Å². The summed E-state index contributed by atoms with van der Waals surface area (Å²) in [5.41, 5.74) is 7.80. The van der Waals surface area contributed by atoms with Crippen LogP contribution >= 0.6 is 15.9 Å². The van der Waals surface area contributed by atoms with Gasteiger partial charge in [0.25, 0.3) is 5.56 Å². The number of H-pyrrole nitrogens is 1. The number of benzene rings is 2. The molecule has 1 aromatic heterocycles. The molecule has 1 aliphatic rings. The van der Waals surface area contributed by atoms with Crippen LogP contribution in [0.2, 0.25) is 0 Å². The van der Waals surface area contributed by atoms with Crippen LogP contribution in [0.3, 0.4) is 0 Å². The van der Waals surface area contributed by atoms with Gasteiger partial charge in [0.05, 0.1) is 17.0 Å². The molecule has 2 aromatic carbocycles. The largest absolute Gasteiger partial charge is 0.439 e. The average molecular weight is 394 g/mol. The zero-order valence-corrected chi connectivity index (χ0v) is 14.5. The van der Waals surface area contributed by atoms with Crippen LogP contribution in [-0.2, 0) is 0 Å². The van der Waals surface area contributed by atoms with Crippen LogP contribution in [0.15, 0.2) is 69.3 Å². The molecular weight excluding hydrogens is 382 g/mol. The van der Waals surface area contributed by atoms with E-state index in [0.717, 1.165) is 15.4 Å². The first-order valence-electron chi connectivity index (χ1n) is 7.58. The Labute approximate surface area is 151 Å². The lowest BCUT2D eigenvalue weighted by Crippen LogP contribution is -2.27. The van der Waals surface area contributed by atoms with Gasteiger partial charge in [0.1, 0.15) is 17.4 Å². The van der Waals surface area contributed by atoms with Crippen LogP contribution in [0.5, 0.6) is 5.75 Å². The lowest BCUT2D eigenvalue weighted by Gasteiger charge is -2.26. The van der Waals surface area contributed by atoms with Crippen LogP contribution in [0.25, 0.3) is 10.9 Å². The number of hydrogen-bond acceptors (Lipinski definition) is 4.